The summed E-state index contributed by atoms with van der Waals surface area (Å²) in [6.45, 7) is 0.778. The number of benzene rings is 3. The van der Waals surface area contributed by atoms with E-state index in [2.05, 4.69) is 30.3 Å². The molecule has 4 aromatic rings. The lowest BCUT2D eigenvalue weighted by atomic mass is 9.95. The lowest BCUT2D eigenvalue weighted by Gasteiger charge is -2.09. The van der Waals surface area contributed by atoms with E-state index in [9.17, 15) is 10.1 Å². The molecule has 3 aromatic carbocycles. The molecule has 1 aliphatic carbocycles. The molecule has 1 aliphatic rings. The van der Waals surface area contributed by atoms with Gasteiger partial charge in [-0.2, -0.15) is 0 Å². The third kappa shape index (κ3) is 3.43. The first-order valence-electron chi connectivity index (χ1n) is 10.9. The first kappa shape index (κ1) is 19.6. The molecule has 31 heavy (non-hydrogen) atoms. The number of nitrogens with two attached hydrogens (primary N) is 1. The van der Waals surface area contributed by atoms with Crippen LogP contribution in [0.1, 0.15) is 37.7 Å². The van der Waals surface area contributed by atoms with Gasteiger partial charge < -0.3 is 5.73 Å². The number of unbranched alkanes of at least 4 members (excludes halogenated alkanes) is 4. The first-order chi connectivity index (χ1) is 15.2. The molecule has 156 valence electrons. The van der Waals surface area contributed by atoms with Crippen molar-refractivity contribution in [2.24, 2.45) is 5.73 Å². The van der Waals surface area contributed by atoms with Gasteiger partial charge in [-0.1, -0.05) is 49.6 Å². The predicted octanol–water partition coefficient (Wildman–Crippen LogP) is 5.79. The van der Waals surface area contributed by atoms with Crippen LogP contribution in [0.4, 0.5) is 5.69 Å². The first-order valence-corrected chi connectivity index (χ1v) is 10.9. The summed E-state index contributed by atoms with van der Waals surface area (Å²) in [6, 6.07) is 15.4. The van der Waals surface area contributed by atoms with Gasteiger partial charge in [-0.05, 0) is 42.8 Å². The van der Waals surface area contributed by atoms with E-state index in [-0.39, 0.29) is 5.69 Å². The molecule has 0 bridgehead atoms. The third-order valence-corrected chi connectivity index (χ3v) is 6.15. The summed E-state index contributed by atoms with van der Waals surface area (Å²) in [5, 5.41) is 13.6. The van der Waals surface area contributed by atoms with Crippen molar-refractivity contribution in [1.82, 2.24) is 9.97 Å². The predicted molar refractivity (Wildman–Crippen MR) is 124 cm³/mol. The summed E-state index contributed by atoms with van der Waals surface area (Å²) in [7, 11) is 0. The lowest BCUT2D eigenvalue weighted by Crippen LogP contribution is -1.97. The Kier molecular flexibility index (Phi) is 5.08. The van der Waals surface area contributed by atoms with Gasteiger partial charge in [0.25, 0.3) is 5.69 Å². The molecule has 6 heteroatoms. The van der Waals surface area contributed by atoms with E-state index in [1.165, 1.54) is 54.2 Å². The Morgan fingerprint density at radius 3 is 2.39 bits per heavy atom. The smallest absolute Gasteiger partial charge is 0.271 e. The number of hydrogen-bond donors (Lipinski definition) is 1. The van der Waals surface area contributed by atoms with Gasteiger partial charge in [0, 0.05) is 28.6 Å². The number of aromatic nitrogens is 2. The van der Waals surface area contributed by atoms with Crippen LogP contribution in [0, 0.1) is 10.1 Å². The molecule has 1 heterocycles. The van der Waals surface area contributed by atoms with Crippen molar-refractivity contribution in [2.75, 3.05) is 6.54 Å². The van der Waals surface area contributed by atoms with E-state index in [0.717, 1.165) is 41.9 Å². The van der Waals surface area contributed by atoms with Gasteiger partial charge >= 0.3 is 0 Å². The summed E-state index contributed by atoms with van der Waals surface area (Å²) < 4.78 is 0. The second-order valence-corrected chi connectivity index (χ2v) is 8.16. The molecule has 0 spiro atoms. The zero-order chi connectivity index (χ0) is 21.4. The summed E-state index contributed by atoms with van der Waals surface area (Å²) in [5.41, 5.74) is 12.0. The quantitative estimate of drug-likeness (QED) is 0.198. The normalized spacial score (nSPS) is 11.9. The molecule has 5 rings (SSSR count). The average molecular weight is 412 g/mol. The van der Waals surface area contributed by atoms with Crippen molar-refractivity contribution in [3.63, 3.8) is 0 Å². The lowest BCUT2D eigenvalue weighted by molar-refractivity contribution is -0.384. The Morgan fingerprint density at radius 2 is 1.58 bits per heavy atom. The van der Waals surface area contributed by atoms with Crippen molar-refractivity contribution in [3.8, 4) is 22.5 Å². The molecule has 0 fully saturated rings. The minimum atomic E-state index is -0.397. The van der Waals surface area contributed by atoms with Crippen molar-refractivity contribution in [1.29, 1.82) is 0 Å². The number of nitro benzene ring substituents is 1. The SMILES string of the molecule is NCCCCCCCc1ccc2c3c(cccc13)-c1nc3ccc([N+](=O)[O-])cc3nc1-2. The van der Waals surface area contributed by atoms with Crippen LogP contribution in [0.25, 0.3) is 44.3 Å². The number of nitrogens with zero attached hydrogens (tertiary/aromatic N) is 3. The molecule has 0 saturated carbocycles. The van der Waals surface area contributed by atoms with Gasteiger partial charge in [0.05, 0.1) is 27.3 Å². The monoisotopic (exact) mass is 412 g/mol. The summed E-state index contributed by atoms with van der Waals surface area (Å²) in [5.74, 6) is 0. The maximum absolute atomic E-state index is 11.2. The van der Waals surface area contributed by atoms with Gasteiger partial charge in [0.15, 0.2) is 0 Å². The van der Waals surface area contributed by atoms with Crippen LogP contribution in [-0.2, 0) is 6.42 Å². The Balaban J connectivity index is 1.52. The Hall–Kier alpha value is -3.38. The van der Waals surface area contributed by atoms with E-state index in [1.807, 2.05) is 0 Å². The van der Waals surface area contributed by atoms with Gasteiger partial charge in [0.1, 0.15) is 0 Å². The molecule has 1 aromatic heterocycles. The molecule has 0 saturated heterocycles. The Labute approximate surface area is 180 Å². The zero-order valence-electron chi connectivity index (χ0n) is 17.3. The highest BCUT2D eigenvalue weighted by atomic mass is 16.6. The highest BCUT2D eigenvalue weighted by molar-refractivity contribution is 6.15. The maximum Gasteiger partial charge on any atom is 0.271 e. The fourth-order valence-electron chi connectivity index (χ4n) is 4.60. The number of nitro groups is 1. The standard InChI is InChI=1S/C25H24N4O2/c26-14-5-3-1-2-4-7-16-10-12-20-23-18(16)8-6-9-19(23)24-25(20)28-22-15-17(29(30)31)11-13-21(22)27-24/h6,8-13,15H,1-5,7,14,26H2. The molecule has 0 amide bonds. The van der Waals surface area contributed by atoms with Crippen LogP contribution in [0.15, 0.2) is 48.5 Å². The van der Waals surface area contributed by atoms with Crippen molar-refractivity contribution in [2.45, 2.75) is 38.5 Å². The molecule has 6 nitrogen and oxygen atoms in total. The van der Waals surface area contributed by atoms with Gasteiger partial charge in [0.2, 0.25) is 0 Å². The Bertz CT molecular complexity index is 1320. The number of hydrogen-bond acceptors (Lipinski definition) is 5. The molecule has 0 atom stereocenters. The maximum atomic E-state index is 11.2. The van der Waals surface area contributed by atoms with E-state index < -0.39 is 4.92 Å². The van der Waals surface area contributed by atoms with Crippen LogP contribution in [-0.4, -0.2) is 21.4 Å². The molecule has 0 radical (unpaired) electrons. The molecule has 0 aliphatic heterocycles. The highest BCUT2D eigenvalue weighted by Crippen LogP contribution is 2.46. The van der Waals surface area contributed by atoms with Gasteiger partial charge in [-0.25, -0.2) is 9.97 Å². The van der Waals surface area contributed by atoms with Crippen molar-refractivity contribution < 1.29 is 4.92 Å². The van der Waals surface area contributed by atoms with Crippen molar-refractivity contribution >= 4 is 27.5 Å². The molecular formula is C25H24N4O2. The van der Waals surface area contributed by atoms with Gasteiger partial charge in [-0.3, -0.25) is 10.1 Å². The topological polar surface area (TPSA) is 94.9 Å². The van der Waals surface area contributed by atoms with E-state index in [0.29, 0.717) is 11.0 Å². The highest BCUT2D eigenvalue weighted by Gasteiger charge is 2.26. The third-order valence-electron chi connectivity index (χ3n) is 6.15. The minimum absolute atomic E-state index is 0.0317. The second-order valence-electron chi connectivity index (χ2n) is 8.16. The molecule has 0 unspecified atom stereocenters. The van der Waals surface area contributed by atoms with Crippen LogP contribution in [0.5, 0.6) is 0 Å². The zero-order valence-corrected chi connectivity index (χ0v) is 17.3. The number of fused-ring (bicyclic) bond motifs is 4. The number of aryl methyl sites for hydroxylation is 1. The van der Waals surface area contributed by atoms with Crippen LogP contribution in [0.2, 0.25) is 0 Å². The second kappa shape index (κ2) is 8.04. The number of rotatable bonds is 8. The van der Waals surface area contributed by atoms with E-state index in [1.54, 1.807) is 6.07 Å². The Morgan fingerprint density at radius 1 is 0.839 bits per heavy atom. The summed E-state index contributed by atoms with van der Waals surface area (Å²) >= 11 is 0. The largest absolute Gasteiger partial charge is 0.330 e. The van der Waals surface area contributed by atoms with Crippen molar-refractivity contribution in [3.05, 3.63) is 64.2 Å². The fourth-order valence-corrected chi connectivity index (χ4v) is 4.60. The summed E-state index contributed by atoms with van der Waals surface area (Å²) in [6.07, 6.45) is 6.98. The van der Waals surface area contributed by atoms with E-state index >= 15 is 0 Å². The number of non-ortho nitro benzene ring substituents is 1. The van der Waals surface area contributed by atoms with Crippen LogP contribution < -0.4 is 5.73 Å². The van der Waals surface area contributed by atoms with Crippen LogP contribution in [0.3, 0.4) is 0 Å². The van der Waals surface area contributed by atoms with Gasteiger partial charge in [-0.15, -0.1) is 0 Å². The minimum Gasteiger partial charge on any atom is -0.330 e. The van der Waals surface area contributed by atoms with Crippen LogP contribution >= 0.6 is 0 Å². The summed E-state index contributed by atoms with van der Waals surface area (Å²) in [4.78, 5) is 20.4. The molecule has 2 N–H and O–H groups in total. The average Bonchev–Trinajstić information content (AvgIpc) is 3.10. The molecular weight excluding hydrogens is 388 g/mol. The fraction of sp³-hybridized carbons (Fsp3) is 0.280. The van der Waals surface area contributed by atoms with E-state index in [4.69, 9.17) is 15.7 Å².